The summed E-state index contributed by atoms with van der Waals surface area (Å²) >= 11 is 0. The van der Waals surface area contributed by atoms with Crippen LogP contribution in [-0.4, -0.2) is 26.9 Å². The summed E-state index contributed by atoms with van der Waals surface area (Å²) in [5, 5.41) is 0. The van der Waals surface area contributed by atoms with Crippen molar-refractivity contribution in [1.29, 1.82) is 0 Å². The monoisotopic (exact) mass is 260 g/mol. The Kier molecular flexibility index (Phi) is 8.86. The molecular weight excluding hydrogens is 242 g/mol. The van der Waals surface area contributed by atoms with Gasteiger partial charge < -0.3 is 9.05 Å². The van der Waals surface area contributed by atoms with Crippen LogP contribution in [0.15, 0.2) is 0 Å². The van der Waals surface area contributed by atoms with Crippen molar-refractivity contribution in [2.45, 2.75) is 20.8 Å². The zero-order chi connectivity index (χ0) is 11.7. The van der Waals surface area contributed by atoms with Crippen LogP contribution >= 0.6 is 16.4 Å². The molecule has 0 saturated heterocycles. The minimum atomic E-state index is -3.54. The molecule has 0 amide bonds. The van der Waals surface area contributed by atoms with E-state index in [-0.39, 0.29) is 6.61 Å². The third-order valence-corrected chi connectivity index (χ3v) is 4.44. The Morgan fingerprint density at radius 2 is 1.60 bits per heavy atom. The highest BCUT2D eigenvalue weighted by Crippen LogP contribution is 2.60. The number of hydrogen-bond donors (Lipinski definition) is 0. The van der Waals surface area contributed by atoms with E-state index < -0.39 is 16.4 Å². The van der Waals surface area contributed by atoms with Gasteiger partial charge >= 0.3 is 16.4 Å². The maximum atomic E-state index is 11.7. The molecule has 0 saturated carbocycles. The molecule has 0 aliphatic heterocycles. The van der Waals surface area contributed by atoms with E-state index >= 15 is 0 Å². The second-order valence-corrected chi connectivity index (χ2v) is 5.32. The first-order valence-electron chi connectivity index (χ1n) is 4.67. The van der Waals surface area contributed by atoms with Crippen LogP contribution in [0.5, 0.6) is 0 Å². The molecule has 0 aromatic rings. The van der Waals surface area contributed by atoms with Gasteiger partial charge in [-0.05, 0) is 20.8 Å². The molecule has 15 heavy (non-hydrogen) atoms. The van der Waals surface area contributed by atoms with Crippen LogP contribution in [0.1, 0.15) is 20.8 Å². The normalized spacial score (nSPS) is 15.5. The molecule has 0 spiro atoms. The fraction of sp³-hybridized carbons (Fsp3) is 1.00. The predicted octanol–water partition coefficient (Wildman–Crippen LogP) is 3.09. The summed E-state index contributed by atoms with van der Waals surface area (Å²) in [6.45, 7) is 6.31. The smallest absolute Gasteiger partial charge is 0.312 e. The molecule has 6 nitrogen and oxygen atoms in total. The molecule has 0 rings (SSSR count). The van der Waals surface area contributed by atoms with Gasteiger partial charge in [-0.2, -0.15) is 0 Å². The molecule has 1 unspecified atom stereocenters. The summed E-state index contributed by atoms with van der Waals surface area (Å²) < 4.78 is 36.5. The first kappa shape index (κ1) is 15.5. The maximum Gasteiger partial charge on any atom is 0.481 e. The van der Waals surface area contributed by atoms with Crippen molar-refractivity contribution in [3.63, 3.8) is 0 Å². The van der Waals surface area contributed by atoms with E-state index in [4.69, 9.17) is 17.9 Å². The van der Waals surface area contributed by atoms with E-state index in [2.05, 4.69) is 4.52 Å². The SMILES string of the molecule is CCOP(OCC)OP(=O)(OC)OCC. The van der Waals surface area contributed by atoms with Crippen LogP contribution < -0.4 is 0 Å². The Hall–Kier alpha value is 0.460. The maximum absolute atomic E-state index is 11.7. The minimum absolute atomic E-state index is 0.229. The second-order valence-electron chi connectivity index (χ2n) is 2.19. The summed E-state index contributed by atoms with van der Waals surface area (Å²) in [7, 11) is -3.96. The Bertz CT molecular complexity index is 194. The van der Waals surface area contributed by atoms with E-state index in [0.29, 0.717) is 13.2 Å². The number of phosphoric acid groups is 1. The third kappa shape index (κ3) is 6.59. The van der Waals surface area contributed by atoms with Crippen LogP contribution in [0.25, 0.3) is 0 Å². The molecule has 92 valence electrons. The van der Waals surface area contributed by atoms with Crippen molar-refractivity contribution < 1.29 is 27.0 Å². The number of hydrogen-bond acceptors (Lipinski definition) is 6. The summed E-state index contributed by atoms with van der Waals surface area (Å²) in [6, 6.07) is 0. The summed E-state index contributed by atoms with van der Waals surface area (Å²) in [4.78, 5) is 0. The lowest BCUT2D eigenvalue weighted by Gasteiger charge is -2.19. The lowest BCUT2D eigenvalue weighted by molar-refractivity contribution is 0.156. The van der Waals surface area contributed by atoms with Gasteiger partial charge in [0.1, 0.15) is 0 Å². The molecule has 0 radical (unpaired) electrons. The van der Waals surface area contributed by atoms with Crippen molar-refractivity contribution in [3.05, 3.63) is 0 Å². The van der Waals surface area contributed by atoms with E-state index in [1.54, 1.807) is 20.8 Å². The molecule has 0 aliphatic carbocycles. The number of phosphoric ester groups is 1. The predicted molar refractivity (Wildman–Crippen MR) is 57.5 cm³/mol. The molecule has 0 aromatic carbocycles. The van der Waals surface area contributed by atoms with E-state index in [1.165, 1.54) is 7.11 Å². The molecule has 0 aromatic heterocycles. The third-order valence-electron chi connectivity index (χ3n) is 1.15. The Labute approximate surface area is 91.8 Å². The van der Waals surface area contributed by atoms with E-state index in [1.807, 2.05) is 0 Å². The second kappa shape index (κ2) is 8.59. The minimum Gasteiger partial charge on any atom is -0.312 e. The molecule has 0 aliphatic rings. The van der Waals surface area contributed by atoms with Crippen LogP contribution in [-0.2, 0) is 27.0 Å². The first-order valence-corrected chi connectivity index (χ1v) is 7.23. The number of rotatable bonds is 9. The molecule has 0 N–H and O–H groups in total. The van der Waals surface area contributed by atoms with Crippen LogP contribution in [0, 0.1) is 0 Å². The molecule has 0 fully saturated rings. The average molecular weight is 260 g/mol. The zero-order valence-corrected chi connectivity index (χ0v) is 11.3. The largest absolute Gasteiger partial charge is 0.481 e. The fourth-order valence-electron chi connectivity index (χ4n) is 0.645. The zero-order valence-electron chi connectivity index (χ0n) is 9.47. The quantitative estimate of drug-likeness (QED) is 0.593. The van der Waals surface area contributed by atoms with Crippen LogP contribution in [0.3, 0.4) is 0 Å². The molecule has 0 heterocycles. The standard InChI is InChI=1S/C7H18O6P2/c1-5-10-14(11-6-2)13-15(8,9-4)12-7-3/h5-7H2,1-4H3. The lowest BCUT2D eigenvalue weighted by atomic mass is 10.9. The Balaban J connectivity index is 4.26. The molecule has 1 atom stereocenters. The van der Waals surface area contributed by atoms with E-state index in [9.17, 15) is 4.57 Å². The van der Waals surface area contributed by atoms with Crippen molar-refractivity contribution in [2.24, 2.45) is 0 Å². The van der Waals surface area contributed by atoms with Gasteiger partial charge in [-0.3, -0.25) is 9.05 Å². The van der Waals surface area contributed by atoms with Gasteiger partial charge in [0.25, 0.3) is 0 Å². The average Bonchev–Trinajstić information content (AvgIpc) is 2.19. The highest BCUT2D eigenvalue weighted by molar-refractivity contribution is 7.59. The van der Waals surface area contributed by atoms with Gasteiger partial charge in [-0.25, -0.2) is 8.88 Å². The molecule has 8 heteroatoms. The van der Waals surface area contributed by atoms with Gasteiger partial charge in [0.2, 0.25) is 0 Å². The lowest BCUT2D eigenvalue weighted by Crippen LogP contribution is -1.98. The highest BCUT2D eigenvalue weighted by atomic mass is 31.3. The Morgan fingerprint density at radius 3 is 1.93 bits per heavy atom. The van der Waals surface area contributed by atoms with Crippen LogP contribution in [0.4, 0.5) is 0 Å². The topological polar surface area (TPSA) is 63.2 Å². The summed E-state index contributed by atoms with van der Waals surface area (Å²) in [5.41, 5.74) is 0. The summed E-state index contributed by atoms with van der Waals surface area (Å²) in [6.07, 6.45) is 0. The fourth-order valence-corrected chi connectivity index (χ4v) is 3.05. The highest BCUT2D eigenvalue weighted by Gasteiger charge is 2.31. The Morgan fingerprint density at radius 1 is 1.07 bits per heavy atom. The van der Waals surface area contributed by atoms with Gasteiger partial charge in [0.15, 0.2) is 0 Å². The van der Waals surface area contributed by atoms with Gasteiger partial charge in [0, 0.05) is 7.11 Å². The van der Waals surface area contributed by atoms with Crippen molar-refractivity contribution in [2.75, 3.05) is 26.9 Å². The van der Waals surface area contributed by atoms with Crippen LogP contribution in [0.2, 0.25) is 0 Å². The van der Waals surface area contributed by atoms with Crippen molar-refractivity contribution >= 4 is 16.4 Å². The van der Waals surface area contributed by atoms with Crippen molar-refractivity contribution in [1.82, 2.24) is 0 Å². The van der Waals surface area contributed by atoms with E-state index in [0.717, 1.165) is 0 Å². The molecular formula is C7H18O6P2. The van der Waals surface area contributed by atoms with Crippen molar-refractivity contribution in [3.8, 4) is 0 Å². The van der Waals surface area contributed by atoms with Gasteiger partial charge in [-0.15, -0.1) is 0 Å². The van der Waals surface area contributed by atoms with Gasteiger partial charge in [0.05, 0.1) is 19.8 Å². The van der Waals surface area contributed by atoms with Gasteiger partial charge in [-0.1, -0.05) is 0 Å². The first-order chi connectivity index (χ1) is 7.11. The molecule has 0 bridgehead atoms. The summed E-state index contributed by atoms with van der Waals surface area (Å²) in [5.74, 6) is 0.